The van der Waals surface area contributed by atoms with Gasteiger partial charge in [0.05, 0.1) is 6.92 Å². The van der Waals surface area contributed by atoms with Crippen molar-refractivity contribution in [3.05, 3.63) is 30.1 Å². The molecule has 0 saturated carbocycles. The minimum absolute atomic E-state index is 0.0231. The van der Waals surface area contributed by atoms with E-state index in [-0.39, 0.29) is 11.6 Å². The molecule has 4 heteroatoms. The van der Waals surface area contributed by atoms with E-state index >= 15 is 0 Å². The van der Waals surface area contributed by atoms with Gasteiger partial charge in [-0.15, -0.1) is 4.57 Å². The van der Waals surface area contributed by atoms with Crippen molar-refractivity contribution in [3.63, 3.8) is 0 Å². The number of rotatable bonds is 1. The van der Waals surface area contributed by atoms with Crippen molar-refractivity contribution in [3.8, 4) is 0 Å². The van der Waals surface area contributed by atoms with E-state index in [0.29, 0.717) is 0 Å². The number of nitrogens with zero attached hydrogens (tertiary/aromatic N) is 1. The van der Waals surface area contributed by atoms with Crippen LogP contribution < -0.4 is 4.57 Å². The van der Waals surface area contributed by atoms with Crippen molar-refractivity contribution in [1.82, 2.24) is 0 Å². The average Bonchev–Trinajstić information content (AvgIpc) is 2.04. The molecule has 0 fully saturated rings. The smallest absolute Gasteiger partial charge is 0.401 e. The summed E-state index contributed by atoms with van der Waals surface area (Å²) >= 11 is 0. The second-order valence-electron chi connectivity index (χ2n) is 2.28. The van der Waals surface area contributed by atoms with Crippen molar-refractivity contribution in [2.24, 2.45) is 0 Å². The normalized spacial score (nSPS) is 9.42. The zero-order chi connectivity index (χ0) is 9.14. The molecule has 0 aliphatic heterocycles. The van der Waals surface area contributed by atoms with Crippen LogP contribution in [0, 0.1) is 0 Å². The third-order valence-electron chi connectivity index (χ3n) is 1.42. The molecule has 0 spiro atoms. The topological polar surface area (TPSA) is 58.2 Å². The highest BCUT2D eigenvalue weighted by Crippen LogP contribution is 1.90. The Bertz CT molecular complexity index is 300. The van der Waals surface area contributed by atoms with Crippen molar-refractivity contribution in [1.29, 1.82) is 0 Å². The summed E-state index contributed by atoms with van der Waals surface area (Å²) in [5, 5.41) is 8.64. The molecule has 1 aromatic heterocycles. The van der Waals surface area contributed by atoms with E-state index in [1.165, 1.54) is 19.2 Å². The highest BCUT2D eigenvalue weighted by molar-refractivity contribution is 5.85. The van der Waals surface area contributed by atoms with Gasteiger partial charge in [0, 0.05) is 12.1 Å². The second-order valence-corrected chi connectivity index (χ2v) is 2.28. The highest BCUT2D eigenvalue weighted by Gasteiger charge is 2.20. The number of carbonyl (C=O) groups excluding carboxylic acids is 1. The van der Waals surface area contributed by atoms with Crippen LogP contribution in [0.3, 0.4) is 0 Å². The van der Waals surface area contributed by atoms with Gasteiger partial charge in [0.2, 0.25) is 0 Å². The molecule has 0 saturated heterocycles. The molecule has 0 unspecified atom stereocenters. The molecule has 0 aromatic carbocycles. The summed E-state index contributed by atoms with van der Waals surface area (Å²) in [6.07, 6.45) is 1.42. The van der Waals surface area contributed by atoms with Gasteiger partial charge < -0.3 is 5.11 Å². The Morgan fingerprint density at radius 3 is 2.50 bits per heavy atom. The van der Waals surface area contributed by atoms with E-state index in [1.54, 1.807) is 12.1 Å². The minimum Gasteiger partial charge on any atom is -0.473 e. The molecule has 1 aromatic rings. The van der Waals surface area contributed by atoms with Crippen LogP contribution in [0.25, 0.3) is 0 Å². The van der Waals surface area contributed by atoms with Gasteiger partial charge in [0.25, 0.3) is 5.69 Å². The number of pyridine rings is 1. The van der Waals surface area contributed by atoms with Gasteiger partial charge in [-0.2, -0.15) is 0 Å². The molecular formula is C8H8NO3+. The zero-order valence-electron chi connectivity index (χ0n) is 6.52. The Morgan fingerprint density at radius 2 is 2.08 bits per heavy atom. The van der Waals surface area contributed by atoms with Crippen LogP contribution in [-0.4, -0.2) is 17.0 Å². The lowest BCUT2D eigenvalue weighted by molar-refractivity contribution is -0.576. The molecule has 1 N–H and O–H groups in total. The molecular weight excluding hydrogens is 158 g/mol. The second kappa shape index (κ2) is 3.13. The molecule has 0 aliphatic rings. The molecule has 0 bridgehead atoms. The van der Waals surface area contributed by atoms with Crippen molar-refractivity contribution < 1.29 is 19.3 Å². The monoisotopic (exact) mass is 166 g/mol. The Morgan fingerprint density at radius 1 is 1.42 bits per heavy atom. The first kappa shape index (κ1) is 8.39. The first-order chi connectivity index (χ1) is 5.63. The average molecular weight is 166 g/mol. The Labute approximate surface area is 69.1 Å². The predicted octanol–water partition coefficient (Wildman–Crippen LogP) is 0.332. The standard InChI is InChI=1S/C8H7NO3/c1-6(10)9-5-3-2-4-7(9)8(11)12/h2-5H,1H3/p+1. The zero-order valence-corrected chi connectivity index (χ0v) is 6.52. The third kappa shape index (κ3) is 1.47. The molecule has 0 atom stereocenters. The fourth-order valence-corrected chi connectivity index (χ4v) is 0.892. The summed E-state index contributed by atoms with van der Waals surface area (Å²) < 4.78 is 1.09. The summed E-state index contributed by atoms with van der Waals surface area (Å²) in [5.41, 5.74) is -0.0231. The third-order valence-corrected chi connectivity index (χ3v) is 1.42. The van der Waals surface area contributed by atoms with E-state index in [2.05, 4.69) is 0 Å². The van der Waals surface area contributed by atoms with Gasteiger partial charge in [-0.1, -0.05) is 0 Å². The maximum absolute atomic E-state index is 10.9. The summed E-state index contributed by atoms with van der Waals surface area (Å²) in [6, 6.07) is 4.56. The summed E-state index contributed by atoms with van der Waals surface area (Å²) in [4.78, 5) is 21.4. The lowest BCUT2D eigenvalue weighted by atomic mass is 10.3. The van der Waals surface area contributed by atoms with Crippen LogP contribution in [0.4, 0.5) is 0 Å². The van der Waals surface area contributed by atoms with E-state index < -0.39 is 5.97 Å². The van der Waals surface area contributed by atoms with Gasteiger partial charge in [0.15, 0.2) is 6.20 Å². The lowest BCUT2D eigenvalue weighted by Crippen LogP contribution is -2.45. The number of carboxylic acid groups (broad SMARTS) is 1. The fraction of sp³-hybridized carbons (Fsp3) is 0.125. The largest absolute Gasteiger partial charge is 0.473 e. The first-order valence-electron chi connectivity index (χ1n) is 3.38. The summed E-state index contributed by atoms with van der Waals surface area (Å²) in [5.74, 6) is -1.42. The van der Waals surface area contributed by atoms with Crippen LogP contribution in [0.1, 0.15) is 22.2 Å². The lowest BCUT2D eigenvalue weighted by Gasteiger charge is -1.92. The SMILES string of the molecule is CC(=O)[n+]1ccccc1C(=O)O. The molecule has 4 nitrogen and oxygen atoms in total. The summed E-state index contributed by atoms with van der Waals surface area (Å²) in [6.45, 7) is 1.31. The number of hydrogen-bond acceptors (Lipinski definition) is 2. The number of aromatic nitrogens is 1. The van der Waals surface area contributed by atoms with Crippen molar-refractivity contribution in [2.75, 3.05) is 0 Å². The molecule has 0 amide bonds. The number of hydrogen-bond donors (Lipinski definition) is 1. The van der Waals surface area contributed by atoms with E-state index in [0.717, 1.165) is 4.57 Å². The maximum atomic E-state index is 10.9. The molecule has 62 valence electrons. The number of aromatic carboxylic acids is 1. The van der Waals surface area contributed by atoms with Crippen LogP contribution in [-0.2, 0) is 0 Å². The first-order valence-corrected chi connectivity index (χ1v) is 3.38. The van der Waals surface area contributed by atoms with Gasteiger partial charge in [-0.05, 0) is 6.07 Å². The van der Waals surface area contributed by atoms with E-state index in [9.17, 15) is 9.59 Å². The van der Waals surface area contributed by atoms with E-state index in [4.69, 9.17) is 5.11 Å². The molecule has 0 radical (unpaired) electrons. The predicted molar refractivity (Wildman–Crippen MR) is 39.9 cm³/mol. The van der Waals surface area contributed by atoms with Crippen molar-refractivity contribution >= 4 is 11.9 Å². The van der Waals surface area contributed by atoms with Crippen LogP contribution in [0.15, 0.2) is 24.4 Å². The Hall–Kier alpha value is -1.71. The van der Waals surface area contributed by atoms with Crippen LogP contribution in [0.2, 0.25) is 0 Å². The molecule has 1 rings (SSSR count). The number of carbonyl (C=O) groups is 2. The maximum Gasteiger partial charge on any atom is 0.401 e. The van der Waals surface area contributed by atoms with Crippen molar-refractivity contribution in [2.45, 2.75) is 6.92 Å². The molecule has 1 heterocycles. The fourth-order valence-electron chi connectivity index (χ4n) is 0.892. The van der Waals surface area contributed by atoms with E-state index in [1.807, 2.05) is 0 Å². The quantitative estimate of drug-likeness (QED) is 0.612. The van der Waals surface area contributed by atoms with Crippen LogP contribution in [0.5, 0.6) is 0 Å². The Balaban J connectivity index is 3.27. The molecule has 12 heavy (non-hydrogen) atoms. The van der Waals surface area contributed by atoms with Crippen LogP contribution >= 0.6 is 0 Å². The highest BCUT2D eigenvalue weighted by atomic mass is 16.4. The van der Waals surface area contributed by atoms with Gasteiger partial charge in [-0.3, -0.25) is 0 Å². The van der Waals surface area contributed by atoms with Gasteiger partial charge >= 0.3 is 11.9 Å². The van der Waals surface area contributed by atoms with Gasteiger partial charge in [-0.25, -0.2) is 9.59 Å². The number of carboxylic acids is 1. The Kier molecular flexibility index (Phi) is 2.19. The summed E-state index contributed by atoms with van der Waals surface area (Å²) in [7, 11) is 0. The minimum atomic E-state index is -1.11. The van der Waals surface area contributed by atoms with Gasteiger partial charge in [0.1, 0.15) is 0 Å². The molecule has 0 aliphatic carbocycles.